The van der Waals surface area contributed by atoms with Gasteiger partial charge in [-0.15, -0.1) is 0 Å². The minimum atomic E-state index is -0.0231. The molecule has 0 spiro atoms. The van der Waals surface area contributed by atoms with E-state index in [0.29, 0.717) is 26.4 Å². The van der Waals surface area contributed by atoms with E-state index >= 15 is 0 Å². The van der Waals surface area contributed by atoms with Gasteiger partial charge in [0.1, 0.15) is 12.9 Å². The maximum absolute atomic E-state index is 6.12. The minimum absolute atomic E-state index is 0.0231. The molecule has 0 bridgehead atoms. The molecule has 0 saturated carbocycles. The lowest BCUT2D eigenvalue weighted by molar-refractivity contribution is -0.113. The molecular weight excluding hydrogens is 612 g/mol. The molecule has 0 saturated heterocycles. The Hall–Kier alpha value is 0.760. The zero-order valence-corrected chi connectivity index (χ0v) is 28.1. The standard InChI is InChI=1S/C31H62Br2O5/c1-34-26-27-36-30-37-29-31(38-25-21-17-13-9-5-3-7-11-15-19-23-33)28-35-24-20-16-12-8-4-2-6-10-14-18-22-32/h31H,2-30H2,1H3. The van der Waals surface area contributed by atoms with Gasteiger partial charge < -0.3 is 23.7 Å². The Morgan fingerprint density at radius 2 is 0.842 bits per heavy atom. The molecule has 0 radical (unpaired) electrons. The maximum atomic E-state index is 6.12. The van der Waals surface area contributed by atoms with Crippen LogP contribution in [0.3, 0.4) is 0 Å². The Morgan fingerprint density at radius 3 is 1.32 bits per heavy atom. The van der Waals surface area contributed by atoms with Crippen LogP contribution in [0, 0.1) is 0 Å². The summed E-state index contributed by atoms with van der Waals surface area (Å²) in [4.78, 5) is 0. The van der Waals surface area contributed by atoms with E-state index in [2.05, 4.69) is 31.9 Å². The molecule has 0 rings (SSSR count). The molecule has 0 aromatic rings. The highest BCUT2D eigenvalue weighted by Crippen LogP contribution is 2.13. The minimum Gasteiger partial charge on any atom is -0.382 e. The Morgan fingerprint density at radius 1 is 0.421 bits per heavy atom. The van der Waals surface area contributed by atoms with E-state index in [0.717, 1.165) is 36.7 Å². The average molecular weight is 675 g/mol. The summed E-state index contributed by atoms with van der Waals surface area (Å²) < 4.78 is 28.2. The molecule has 7 heteroatoms. The van der Waals surface area contributed by atoms with Crippen molar-refractivity contribution in [2.24, 2.45) is 0 Å². The van der Waals surface area contributed by atoms with E-state index in [1.807, 2.05) is 0 Å². The first kappa shape index (κ1) is 38.8. The summed E-state index contributed by atoms with van der Waals surface area (Å²) in [7, 11) is 1.67. The number of rotatable bonds is 34. The van der Waals surface area contributed by atoms with Gasteiger partial charge >= 0.3 is 0 Å². The zero-order chi connectivity index (χ0) is 27.6. The largest absolute Gasteiger partial charge is 0.382 e. The lowest BCUT2D eigenvalue weighted by Gasteiger charge is -2.18. The molecule has 0 aliphatic carbocycles. The molecule has 5 nitrogen and oxygen atoms in total. The average Bonchev–Trinajstić information content (AvgIpc) is 2.93. The Labute approximate surface area is 253 Å². The molecule has 0 fully saturated rings. The Bertz CT molecular complexity index is 418. The molecule has 230 valence electrons. The van der Waals surface area contributed by atoms with Gasteiger partial charge in [0.15, 0.2) is 0 Å². The highest BCUT2D eigenvalue weighted by molar-refractivity contribution is 9.09. The van der Waals surface area contributed by atoms with E-state index in [1.165, 1.54) is 116 Å². The zero-order valence-electron chi connectivity index (χ0n) is 24.9. The molecule has 0 N–H and O–H groups in total. The monoisotopic (exact) mass is 672 g/mol. The smallest absolute Gasteiger partial charge is 0.146 e. The second kappa shape index (κ2) is 35.8. The van der Waals surface area contributed by atoms with E-state index in [-0.39, 0.29) is 12.9 Å². The highest BCUT2D eigenvalue weighted by Gasteiger charge is 2.10. The van der Waals surface area contributed by atoms with Crippen molar-refractivity contribution < 1.29 is 23.7 Å². The number of alkyl halides is 2. The highest BCUT2D eigenvalue weighted by atomic mass is 79.9. The maximum Gasteiger partial charge on any atom is 0.146 e. The second-order valence-corrected chi connectivity index (χ2v) is 12.0. The van der Waals surface area contributed by atoms with Gasteiger partial charge in [0, 0.05) is 31.0 Å². The van der Waals surface area contributed by atoms with Gasteiger partial charge in [-0.1, -0.05) is 135 Å². The van der Waals surface area contributed by atoms with Crippen LogP contribution in [0.5, 0.6) is 0 Å². The van der Waals surface area contributed by atoms with Gasteiger partial charge in [-0.2, -0.15) is 0 Å². The molecule has 1 unspecified atom stereocenters. The van der Waals surface area contributed by atoms with Gasteiger partial charge in [0.2, 0.25) is 0 Å². The SMILES string of the molecule is COCCOCOCC(COCCCCCCCCCCCCBr)OCCCCCCCCCCCCBr. The van der Waals surface area contributed by atoms with E-state index in [9.17, 15) is 0 Å². The van der Waals surface area contributed by atoms with E-state index in [4.69, 9.17) is 23.7 Å². The molecule has 38 heavy (non-hydrogen) atoms. The molecule has 0 aliphatic rings. The second-order valence-electron chi connectivity index (χ2n) is 10.4. The summed E-state index contributed by atoms with van der Waals surface area (Å²) in [5, 5.41) is 2.30. The first-order chi connectivity index (χ1) is 18.8. The van der Waals surface area contributed by atoms with Crippen molar-refractivity contribution in [3.05, 3.63) is 0 Å². The Kier molecular flexibility index (Phi) is 36.5. The third kappa shape index (κ3) is 33.0. The fourth-order valence-corrected chi connectivity index (χ4v) is 5.17. The van der Waals surface area contributed by atoms with Crippen LogP contribution in [0.2, 0.25) is 0 Å². The van der Waals surface area contributed by atoms with Gasteiger partial charge in [0.05, 0.1) is 26.4 Å². The third-order valence-corrected chi connectivity index (χ3v) is 7.88. The number of methoxy groups -OCH3 is 1. The predicted molar refractivity (Wildman–Crippen MR) is 169 cm³/mol. The lowest BCUT2D eigenvalue weighted by Crippen LogP contribution is -2.27. The van der Waals surface area contributed by atoms with Crippen LogP contribution in [-0.4, -0.2) is 70.3 Å². The Balaban J connectivity index is 3.76. The van der Waals surface area contributed by atoms with Gasteiger partial charge in [-0.3, -0.25) is 0 Å². The van der Waals surface area contributed by atoms with Gasteiger partial charge in [-0.25, -0.2) is 0 Å². The number of halogens is 2. The number of hydrogen-bond donors (Lipinski definition) is 0. The van der Waals surface area contributed by atoms with Crippen LogP contribution in [0.4, 0.5) is 0 Å². The fraction of sp³-hybridized carbons (Fsp3) is 1.00. The van der Waals surface area contributed by atoms with Crippen molar-refractivity contribution >= 4 is 31.9 Å². The molecule has 0 amide bonds. The van der Waals surface area contributed by atoms with E-state index in [1.54, 1.807) is 7.11 Å². The van der Waals surface area contributed by atoms with Gasteiger partial charge in [-0.05, 0) is 25.7 Å². The number of hydrogen-bond acceptors (Lipinski definition) is 5. The summed E-state index contributed by atoms with van der Waals surface area (Å²) in [5.41, 5.74) is 0. The van der Waals surface area contributed by atoms with Crippen LogP contribution in [0.25, 0.3) is 0 Å². The van der Waals surface area contributed by atoms with Crippen LogP contribution in [0.15, 0.2) is 0 Å². The van der Waals surface area contributed by atoms with E-state index < -0.39 is 0 Å². The van der Waals surface area contributed by atoms with Crippen LogP contribution < -0.4 is 0 Å². The van der Waals surface area contributed by atoms with Gasteiger partial charge in [0.25, 0.3) is 0 Å². The normalized spacial score (nSPS) is 12.4. The molecule has 0 heterocycles. The van der Waals surface area contributed by atoms with Crippen molar-refractivity contribution in [1.82, 2.24) is 0 Å². The molecule has 0 aromatic heterocycles. The fourth-order valence-electron chi connectivity index (χ4n) is 4.37. The molecule has 1 atom stereocenters. The summed E-state index contributed by atoms with van der Waals surface area (Å²) in [6.07, 6.45) is 26.6. The van der Waals surface area contributed by atoms with Crippen LogP contribution in [0.1, 0.15) is 128 Å². The van der Waals surface area contributed by atoms with Crippen LogP contribution >= 0.6 is 31.9 Å². The molecule has 0 aliphatic heterocycles. The van der Waals surface area contributed by atoms with Crippen molar-refractivity contribution in [3.63, 3.8) is 0 Å². The van der Waals surface area contributed by atoms with Crippen molar-refractivity contribution in [1.29, 1.82) is 0 Å². The van der Waals surface area contributed by atoms with Crippen molar-refractivity contribution in [2.75, 3.05) is 64.2 Å². The summed E-state index contributed by atoms with van der Waals surface area (Å²) in [6.45, 7) is 4.11. The third-order valence-electron chi connectivity index (χ3n) is 6.76. The van der Waals surface area contributed by atoms with Crippen molar-refractivity contribution in [3.8, 4) is 0 Å². The first-order valence-corrected chi connectivity index (χ1v) is 18.0. The summed E-state index contributed by atoms with van der Waals surface area (Å²) in [6, 6.07) is 0. The van der Waals surface area contributed by atoms with Crippen molar-refractivity contribution in [2.45, 2.75) is 135 Å². The summed E-state index contributed by atoms with van der Waals surface area (Å²) >= 11 is 7.01. The summed E-state index contributed by atoms with van der Waals surface area (Å²) in [5.74, 6) is 0. The molecule has 0 aromatic carbocycles. The number of unbranched alkanes of at least 4 members (excludes halogenated alkanes) is 18. The quantitative estimate of drug-likeness (QED) is 0.0387. The molecular formula is C31H62Br2O5. The topological polar surface area (TPSA) is 46.2 Å². The lowest BCUT2D eigenvalue weighted by atomic mass is 10.1. The number of ether oxygens (including phenoxy) is 5. The first-order valence-electron chi connectivity index (χ1n) is 15.8. The predicted octanol–water partition coefficient (Wildman–Crippen LogP) is 9.62. The van der Waals surface area contributed by atoms with Crippen LogP contribution in [-0.2, 0) is 23.7 Å².